The highest BCUT2D eigenvalue weighted by molar-refractivity contribution is 5.92. The number of amides is 2. The van der Waals surface area contributed by atoms with Crippen molar-refractivity contribution in [3.63, 3.8) is 0 Å². The van der Waals surface area contributed by atoms with Crippen LogP contribution >= 0.6 is 0 Å². The molecular weight excluding hydrogens is 404 g/mol. The highest BCUT2D eigenvalue weighted by Crippen LogP contribution is 2.19. The Bertz CT molecular complexity index is 1020. The molecule has 166 valence electrons. The normalized spacial score (nSPS) is 10.5. The molecule has 0 unspecified atom stereocenters. The van der Waals surface area contributed by atoms with Crippen LogP contribution in [-0.4, -0.2) is 18.4 Å². The Labute approximate surface area is 188 Å². The first-order valence-corrected chi connectivity index (χ1v) is 10.6. The van der Waals surface area contributed by atoms with Gasteiger partial charge in [0.1, 0.15) is 18.1 Å². The van der Waals surface area contributed by atoms with E-state index in [4.69, 9.17) is 9.47 Å². The lowest BCUT2D eigenvalue weighted by Crippen LogP contribution is -2.28. The zero-order valence-electron chi connectivity index (χ0n) is 18.3. The number of hydrogen-bond donors (Lipinski definition) is 2. The number of hydrogen-bond acceptors (Lipinski definition) is 4. The molecule has 0 fully saturated rings. The minimum Gasteiger partial charge on any atom is -0.489 e. The van der Waals surface area contributed by atoms with Gasteiger partial charge in [0.25, 0.3) is 5.91 Å². The molecule has 3 aromatic carbocycles. The van der Waals surface area contributed by atoms with Gasteiger partial charge in [-0.05, 0) is 47.5 Å². The molecule has 0 heterocycles. The van der Waals surface area contributed by atoms with Crippen LogP contribution in [0.3, 0.4) is 0 Å². The molecule has 3 aromatic rings. The average Bonchev–Trinajstić information content (AvgIpc) is 2.81. The van der Waals surface area contributed by atoms with Gasteiger partial charge in [-0.2, -0.15) is 0 Å². The third-order valence-corrected chi connectivity index (χ3v) is 4.65. The van der Waals surface area contributed by atoms with Crippen molar-refractivity contribution in [1.29, 1.82) is 0 Å². The SMILES string of the molecule is CC(C)C(=O)Nc1cccc(CNC(=O)COc2ccc(OCc3ccccc3)cc2)c1. The highest BCUT2D eigenvalue weighted by Gasteiger charge is 2.08. The van der Waals surface area contributed by atoms with E-state index in [9.17, 15) is 9.59 Å². The summed E-state index contributed by atoms with van der Waals surface area (Å²) in [4.78, 5) is 24.0. The second-order valence-electron chi connectivity index (χ2n) is 7.66. The Hall–Kier alpha value is -3.80. The molecule has 0 saturated heterocycles. The maximum atomic E-state index is 12.1. The fourth-order valence-corrected chi connectivity index (χ4v) is 2.82. The lowest BCUT2D eigenvalue weighted by Gasteiger charge is -2.11. The standard InChI is InChI=1S/C26H28N2O4/c1-19(2)26(30)28-22-10-6-9-21(15-22)16-27-25(29)18-32-24-13-11-23(12-14-24)31-17-20-7-4-3-5-8-20/h3-15,19H,16-18H2,1-2H3,(H,27,29)(H,28,30). The van der Waals surface area contributed by atoms with Crippen LogP contribution < -0.4 is 20.1 Å². The van der Waals surface area contributed by atoms with E-state index in [0.29, 0.717) is 24.6 Å². The Morgan fingerprint density at radius 3 is 2.16 bits per heavy atom. The third kappa shape index (κ3) is 7.47. The molecule has 0 bridgehead atoms. The van der Waals surface area contributed by atoms with Crippen LogP contribution in [0.1, 0.15) is 25.0 Å². The first-order chi connectivity index (χ1) is 15.5. The second-order valence-corrected chi connectivity index (χ2v) is 7.66. The quantitative estimate of drug-likeness (QED) is 0.493. The van der Waals surface area contributed by atoms with Gasteiger partial charge in [-0.15, -0.1) is 0 Å². The molecular formula is C26H28N2O4. The van der Waals surface area contributed by atoms with Crippen molar-refractivity contribution in [2.45, 2.75) is 27.0 Å². The molecule has 0 spiro atoms. The lowest BCUT2D eigenvalue weighted by atomic mass is 10.1. The van der Waals surface area contributed by atoms with Crippen LogP contribution in [0.15, 0.2) is 78.9 Å². The zero-order chi connectivity index (χ0) is 22.8. The summed E-state index contributed by atoms with van der Waals surface area (Å²) < 4.78 is 11.3. The van der Waals surface area contributed by atoms with E-state index in [1.165, 1.54) is 0 Å². The Balaban J connectivity index is 1.40. The number of ether oxygens (including phenoxy) is 2. The van der Waals surface area contributed by atoms with Crippen LogP contribution in [0.4, 0.5) is 5.69 Å². The molecule has 2 amide bonds. The summed E-state index contributed by atoms with van der Waals surface area (Å²) in [7, 11) is 0. The molecule has 6 heteroatoms. The third-order valence-electron chi connectivity index (χ3n) is 4.65. The molecule has 0 aliphatic heterocycles. The summed E-state index contributed by atoms with van der Waals surface area (Å²) >= 11 is 0. The zero-order valence-corrected chi connectivity index (χ0v) is 18.3. The molecule has 0 aromatic heterocycles. The molecule has 0 saturated carbocycles. The molecule has 0 aliphatic carbocycles. The average molecular weight is 433 g/mol. The van der Waals surface area contributed by atoms with Crippen molar-refractivity contribution in [3.05, 3.63) is 90.0 Å². The molecule has 3 rings (SSSR count). The largest absolute Gasteiger partial charge is 0.489 e. The van der Waals surface area contributed by atoms with Gasteiger partial charge < -0.3 is 20.1 Å². The smallest absolute Gasteiger partial charge is 0.258 e. The summed E-state index contributed by atoms with van der Waals surface area (Å²) in [5.41, 5.74) is 2.69. The van der Waals surface area contributed by atoms with Gasteiger partial charge in [0, 0.05) is 18.2 Å². The molecule has 0 aliphatic rings. The molecule has 0 atom stereocenters. The van der Waals surface area contributed by atoms with Crippen LogP contribution in [0.2, 0.25) is 0 Å². The van der Waals surface area contributed by atoms with Gasteiger partial charge >= 0.3 is 0 Å². The molecule has 6 nitrogen and oxygen atoms in total. The van der Waals surface area contributed by atoms with Gasteiger partial charge in [-0.25, -0.2) is 0 Å². The summed E-state index contributed by atoms with van der Waals surface area (Å²) in [6.45, 7) is 4.43. The maximum absolute atomic E-state index is 12.1. The predicted molar refractivity (Wildman–Crippen MR) is 124 cm³/mol. The highest BCUT2D eigenvalue weighted by atomic mass is 16.5. The van der Waals surface area contributed by atoms with E-state index >= 15 is 0 Å². The van der Waals surface area contributed by atoms with E-state index in [0.717, 1.165) is 16.9 Å². The van der Waals surface area contributed by atoms with E-state index in [2.05, 4.69) is 10.6 Å². The number of carbonyl (C=O) groups is 2. The van der Waals surface area contributed by atoms with Gasteiger partial charge in [0.15, 0.2) is 6.61 Å². The molecule has 32 heavy (non-hydrogen) atoms. The first kappa shape index (κ1) is 22.9. The minimum atomic E-state index is -0.231. The maximum Gasteiger partial charge on any atom is 0.258 e. The van der Waals surface area contributed by atoms with Crippen LogP contribution in [0.25, 0.3) is 0 Å². The van der Waals surface area contributed by atoms with E-state index in [1.54, 1.807) is 12.1 Å². The van der Waals surface area contributed by atoms with Crippen molar-refractivity contribution in [2.24, 2.45) is 5.92 Å². The Kier molecular flexibility index (Phi) is 8.26. The van der Waals surface area contributed by atoms with Crippen LogP contribution in [0.5, 0.6) is 11.5 Å². The summed E-state index contributed by atoms with van der Waals surface area (Å²) in [6.07, 6.45) is 0. The number of rotatable bonds is 10. The Morgan fingerprint density at radius 2 is 1.47 bits per heavy atom. The first-order valence-electron chi connectivity index (χ1n) is 10.6. The van der Waals surface area contributed by atoms with Crippen LogP contribution in [0, 0.1) is 5.92 Å². The number of carbonyl (C=O) groups excluding carboxylic acids is 2. The monoisotopic (exact) mass is 432 g/mol. The van der Waals surface area contributed by atoms with Crippen molar-refractivity contribution in [3.8, 4) is 11.5 Å². The summed E-state index contributed by atoms with van der Waals surface area (Å²) in [6, 6.07) is 24.5. The number of benzene rings is 3. The summed E-state index contributed by atoms with van der Waals surface area (Å²) in [5.74, 6) is 0.947. The van der Waals surface area contributed by atoms with Crippen molar-refractivity contribution >= 4 is 17.5 Å². The van der Waals surface area contributed by atoms with E-state index in [-0.39, 0.29) is 24.3 Å². The lowest BCUT2D eigenvalue weighted by molar-refractivity contribution is -0.123. The molecule has 0 radical (unpaired) electrons. The Morgan fingerprint density at radius 1 is 0.812 bits per heavy atom. The van der Waals surface area contributed by atoms with E-state index < -0.39 is 0 Å². The summed E-state index contributed by atoms with van der Waals surface area (Å²) in [5, 5.41) is 5.67. The fourth-order valence-electron chi connectivity index (χ4n) is 2.82. The van der Waals surface area contributed by atoms with Gasteiger partial charge in [0.2, 0.25) is 5.91 Å². The number of anilines is 1. The topological polar surface area (TPSA) is 76.7 Å². The van der Waals surface area contributed by atoms with Gasteiger partial charge in [-0.1, -0.05) is 56.3 Å². The minimum absolute atomic E-state index is 0.0453. The van der Waals surface area contributed by atoms with Crippen molar-refractivity contribution < 1.29 is 19.1 Å². The fraction of sp³-hybridized carbons (Fsp3) is 0.231. The molecule has 2 N–H and O–H groups in total. The van der Waals surface area contributed by atoms with Gasteiger partial charge in [0.05, 0.1) is 0 Å². The van der Waals surface area contributed by atoms with E-state index in [1.807, 2.05) is 80.6 Å². The second kappa shape index (κ2) is 11.6. The number of nitrogens with one attached hydrogen (secondary N) is 2. The van der Waals surface area contributed by atoms with Crippen molar-refractivity contribution in [1.82, 2.24) is 5.32 Å². The van der Waals surface area contributed by atoms with Gasteiger partial charge in [-0.3, -0.25) is 9.59 Å². The predicted octanol–water partition coefficient (Wildman–Crippen LogP) is 4.56. The van der Waals surface area contributed by atoms with Crippen LogP contribution in [-0.2, 0) is 22.7 Å². The van der Waals surface area contributed by atoms with Crippen molar-refractivity contribution in [2.75, 3.05) is 11.9 Å².